The van der Waals surface area contributed by atoms with Crippen LogP contribution < -0.4 is 10.1 Å². The zero-order valence-corrected chi connectivity index (χ0v) is 14.1. The monoisotopic (exact) mass is 322 g/mol. The lowest BCUT2D eigenvalue weighted by atomic mass is 10.1. The normalized spacial score (nSPS) is 17.2. The topological polar surface area (TPSA) is 43.4 Å². The maximum absolute atomic E-state index is 6.20. The quantitative estimate of drug-likeness (QED) is 0.933. The number of aromatic nitrogens is 1. The Labute approximate surface area is 136 Å². The first kappa shape index (κ1) is 17.0. The number of nitrogens with zero attached hydrogens (tertiary/aromatic N) is 1. The number of rotatable bonds is 3. The van der Waals surface area contributed by atoms with Crippen molar-refractivity contribution in [3.63, 3.8) is 0 Å². The van der Waals surface area contributed by atoms with Gasteiger partial charge in [0.2, 0.25) is 0 Å². The maximum Gasteiger partial charge on any atom is 0.149 e. The summed E-state index contributed by atoms with van der Waals surface area (Å²) in [5.41, 5.74) is 1.82. The molecule has 0 amide bonds. The fraction of sp³-hybridized carbons (Fsp3) is 0.471. The number of benzene rings is 1. The Kier molecular flexibility index (Phi) is 6.43. The van der Waals surface area contributed by atoms with E-state index >= 15 is 0 Å². The summed E-state index contributed by atoms with van der Waals surface area (Å²) in [5, 5.41) is 4.70. The Morgan fingerprint density at radius 1 is 1.50 bits per heavy atom. The minimum atomic E-state index is 0.546. The second-order valence-corrected chi connectivity index (χ2v) is 5.71. The van der Waals surface area contributed by atoms with Gasteiger partial charge in [-0.15, -0.1) is 0 Å². The summed E-state index contributed by atoms with van der Waals surface area (Å²) in [6.45, 7) is 3.81. The molecule has 1 aliphatic rings. The second kappa shape index (κ2) is 8.32. The highest BCUT2D eigenvalue weighted by molar-refractivity contribution is 6.35. The van der Waals surface area contributed by atoms with Crippen molar-refractivity contribution < 1.29 is 9.47 Å². The largest absolute Gasteiger partial charge is 0.494 e. The minimum absolute atomic E-state index is 0.546. The third-order valence-corrected chi connectivity index (χ3v) is 3.91. The summed E-state index contributed by atoms with van der Waals surface area (Å²) in [6.07, 6.45) is 4.82. The highest BCUT2D eigenvalue weighted by atomic mass is 35.5. The van der Waals surface area contributed by atoms with E-state index in [1.807, 2.05) is 25.2 Å². The molecule has 1 aliphatic heterocycles. The number of ether oxygens (including phenoxy) is 2. The molecule has 1 aromatic heterocycles. The van der Waals surface area contributed by atoms with Crippen LogP contribution in [0.3, 0.4) is 0 Å². The van der Waals surface area contributed by atoms with E-state index in [1.165, 1.54) is 12.8 Å². The Balaban J connectivity index is 0.000000246. The van der Waals surface area contributed by atoms with Gasteiger partial charge in [0.05, 0.1) is 18.2 Å². The van der Waals surface area contributed by atoms with Crippen LogP contribution in [0.4, 0.5) is 0 Å². The molecule has 0 spiro atoms. The first-order valence-electron chi connectivity index (χ1n) is 7.53. The Hall–Kier alpha value is -1.36. The summed E-state index contributed by atoms with van der Waals surface area (Å²) in [7, 11) is 3.53. The molecule has 1 fully saturated rings. The van der Waals surface area contributed by atoms with Crippen molar-refractivity contribution in [3.8, 4) is 5.75 Å². The molecule has 0 saturated carbocycles. The second-order valence-electron chi connectivity index (χ2n) is 5.30. The molecule has 0 aliphatic carbocycles. The summed E-state index contributed by atoms with van der Waals surface area (Å²) >= 11 is 6.20. The highest BCUT2D eigenvalue weighted by Crippen LogP contribution is 2.33. The molecule has 5 heteroatoms. The van der Waals surface area contributed by atoms with Crippen LogP contribution in [0.1, 0.15) is 25.3 Å². The van der Waals surface area contributed by atoms with Crippen molar-refractivity contribution in [2.24, 2.45) is 0 Å². The Morgan fingerprint density at radius 2 is 2.32 bits per heavy atom. The van der Waals surface area contributed by atoms with Gasteiger partial charge in [0.1, 0.15) is 11.3 Å². The fourth-order valence-electron chi connectivity index (χ4n) is 2.52. The lowest BCUT2D eigenvalue weighted by Gasteiger charge is -2.11. The lowest BCUT2D eigenvalue weighted by molar-refractivity contribution is 0.125. The predicted octanol–water partition coefficient (Wildman–Crippen LogP) is 3.80. The van der Waals surface area contributed by atoms with Crippen LogP contribution >= 0.6 is 11.6 Å². The lowest BCUT2D eigenvalue weighted by Crippen LogP contribution is -2.07. The first-order chi connectivity index (χ1) is 10.7. The van der Waals surface area contributed by atoms with Crippen LogP contribution in [0.2, 0.25) is 5.02 Å². The average Bonchev–Trinajstić information content (AvgIpc) is 3.00. The fourth-order valence-corrected chi connectivity index (χ4v) is 2.80. The predicted molar refractivity (Wildman–Crippen MR) is 90.7 cm³/mol. The van der Waals surface area contributed by atoms with Crippen molar-refractivity contribution in [3.05, 3.63) is 35.0 Å². The zero-order chi connectivity index (χ0) is 15.9. The van der Waals surface area contributed by atoms with Crippen LogP contribution in [0.15, 0.2) is 24.4 Å². The molecular formula is C17H23ClN2O2. The molecule has 1 saturated heterocycles. The van der Waals surface area contributed by atoms with Crippen LogP contribution in [-0.2, 0) is 11.3 Å². The van der Waals surface area contributed by atoms with E-state index in [9.17, 15) is 0 Å². The van der Waals surface area contributed by atoms with Crippen molar-refractivity contribution >= 4 is 22.5 Å². The van der Waals surface area contributed by atoms with Gasteiger partial charge in [0.15, 0.2) is 0 Å². The standard InChI is InChI=1S/C12H13ClN2O.C5H10O/c1-14-7-8-6-10(13)9-4-3-5-15-11(9)12(8)16-2;1-5-3-2-4-6-5/h3-6,14H,7H2,1-2H3;5H,2-4H2,1H3. The summed E-state index contributed by atoms with van der Waals surface area (Å²) in [4.78, 5) is 4.32. The molecule has 0 bridgehead atoms. The number of halogens is 1. The average molecular weight is 323 g/mol. The third kappa shape index (κ3) is 4.09. The van der Waals surface area contributed by atoms with Crippen molar-refractivity contribution in [1.82, 2.24) is 10.3 Å². The van der Waals surface area contributed by atoms with Crippen molar-refractivity contribution in [2.45, 2.75) is 32.4 Å². The summed E-state index contributed by atoms with van der Waals surface area (Å²) in [5.74, 6) is 0.786. The zero-order valence-electron chi connectivity index (χ0n) is 13.4. The number of methoxy groups -OCH3 is 1. The van der Waals surface area contributed by atoms with Gasteiger partial charge in [0.25, 0.3) is 0 Å². The van der Waals surface area contributed by atoms with Gasteiger partial charge in [-0.05, 0) is 45.0 Å². The third-order valence-electron chi connectivity index (χ3n) is 3.60. The minimum Gasteiger partial charge on any atom is -0.494 e. The smallest absolute Gasteiger partial charge is 0.149 e. The van der Waals surface area contributed by atoms with Gasteiger partial charge in [-0.2, -0.15) is 0 Å². The number of nitrogens with one attached hydrogen (secondary N) is 1. The van der Waals surface area contributed by atoms with E-state index in [4.69, 9.17) is 21.1 Å². The van der Waals surface area contributed by atoms with Gasteiger partial charge < -0.3 is 14.8 Å². The molecule has 1 unspecified atom stereocenters. The van der Waals surface area contributed by atoms with E-state index in [1.54, 1.807) is 13.3 Å². The molecule has 22 heavy (non-hydrogen) atoms. The molecule has 1 N–H and O–H groups in total. The van der Waals surface area contributed by atoms with Gasteiger partial charge >= 0.3 is 0 Å². The SMILES string of the molecule is CC1CCCO1.CNCc1cc(Cl)c2cccnc2c1OC. The molecule has 120 valence electrons. The van der Waals surface area contributed by atoms with E-state index in [0.29, 0.717) is 17.7 Å². The van der Waals surface area contributed by atoms with Crippen molar-refractivity contribution in [1.29, 1.82) is 0 Å². The molecule has 3 rings (SSSR count). The molecule has 4 nitrogen and oxygen atoms in total. The highest BCUT2D eigenvalue weighted by Gasteiger charge is 2.11. The van der Waals surface area contributed by atoms with Crippen LogP contribution in [0.25, 0.3) is 10.9 Å². The van der Waals surface area contributed by atoms with E-state index in [2.05, 4.69) is 17.2 Å². The number of fused-ring (bicyclic) bond motifs is 1. The molecule has 1 atom stereocenters. The summed E-state index contributed by atoms with van der Waals surface area (Å²) < 4.78 is 10.6. The van der Waals surface area contributed by atoms with E-state index in [0.717, 1.165) is 28.8 Å². The molecule has 2 aromatic rings. The Bertz CT molecular complexity index is 613. The molecular weight excluding hydrogens is 300 g/mol. The summed E-state index contributed by atoms with van der Waals surface area (Å²) in [6, 6.07) is 5.72. The van der Waals surface area contributed by atoms with Crippen LogP contribution in [-0.4, -0.2) is 31.9 Å². The van der Waals surface area contributed by atoms with Gasteiger partial charge in [-0.1, -0.05) is 11.6 Å². The van der Waals surface area contributed by atoms with Crippen LogP contribution in [0, 0.1) is 0 Å². The molecule has 1 aromatic carbocycles. The van der Waals surface area contributed by atoms with Gasteiger partial charge in [0, 0.05) is 30.3 Å². The van der Waals surface area contributed by atoms with E-state index in [-0.39, 0.29) is 0 Å². The molecule has 0 radical (unpaired) electrons. The Morgan fingerprint density at radius 3 is 2.86 bits per heavy atom. The molecule has 2 heterocycles. The first-order valence-corrected chi connectivity index (χ1v) is 7.91. The number of pyridine rings is 1. The van der Waals surface area contributed by atoms with Crippen molar-refractivity contribution in [2.75, 3.05) is 20.8 Å². The van der Waals surface area contributed by atoms with Gasteiger partial charge in [-0.3, -0.25) is 4.98 Å². The van der Waals surface area contributed by atoms with Crippen LogP contribution in [0.5, 0.6) is 5.75 Å². The number of hydrogen-bond donors (Lipinski definition) is 1. The van der Waals surface area contributed by atoms with E-state index < -0.39 is 0 Å². The van der Waals surface area contributed by atoms with Gasteiger partial charge in [-0.25, -0.2) is 0 Å². The number of hydrogen-bond acceptors (Lipinski definition) is 4. The maximum atomic E-state index is 6.20.